The third kappa shape index (κ3) is 2.68. The normalized spacial score (nSPS) is 20.7. The molecule has 1 unspecified atom stereocenters. The van der Waals surface area contributed by atoms with Gasteiger partial charge >= 0.3 is 5.97 Å². The van der Waals surface area contributed by atoms with Crippen molar-refractivity contribution in [3.8, 4) is 0 Å². The number of nitrogens with zero attached hydrogens (tertiary/aromatic N) is 1. The molecule has 1 aliphatic heterocycles. The van der Waals surface area contributed by atoms with Gasteiger partial charge in [-0.3, -0.25) is 9.59 Å². The molecule has 0 fully saturated rings. The van der Waals surface area contributed by atoms with Gasteiger partial charge in [-0.2, -0.15) is 0 Å². The Morgan fingerprint density at radius 2 is 2.22 bits per heavy atom. The van der Waals surface area contributed by atoms with Crippen LogP contribution < -0.4 is 0 Å². The number of amides is 1. The van der Waals surface area contributed by atoms with Crippen LogP contribution in [0.2, 0.25) is 0 Å². The van der Waals surface area contributed by atoms with Crippen molar-refractivity contribution in [1.29, 1.82) is 0 Å². The fourth-order valence-electron chi connectivity index (χ4n) is 3.01. The summed E-state index contributed by atoms with van der Waals surface area (Å²) in [4.78, 5) is 26.1. The predicted octanol–water partition coefficient (Wildman–Crippen LogP) is 3.66. The number of carboxylic acid groups (broad SMARTS) is 1. The standard InChI is InChI=1S/C16H14ClNO4S/c1-8-9(6-15(20)21)10-5-13(19)11(17)7-12(10)18(8)16(22)14-3-2-4-23-14/h2-5,12,19H,6-7H2,1H3,(H,20,21). The second-order valence-electron chi connectivity index (χ2n) is 5.40. The number of fused-ring (bicyclic) bond motifs is 1. The van der Waals surface area contributed by atoms with E-state index in [1.165, 1.54) is 17.4 Å². The highest BCUT2D eigenvalue weighted by atomic mass is 35.5. The lowest BCUT2D eigenvalue weighted by molar-refractivity contribution is -0.136. The molecule has 0 radical (unpaired) electrons. The molecule has 3 rings (SSSR count). The number of thiophene rings is 1. The van der Waals surface area contributed by atoms with Gasteiger partial charge in [0, 0.05) is 12.1 Å². The number of carbonyl (C=O) groups is 2. The Balaban J connectivity index is 2.07. The molecule has 1 amide bonds. The number of rotatable bonds is 3. The maximum atomic E-state index is 12.8. The van der Waals surface area contributed by atoms with Crippen LogP contribution in [0.25, 0.3) is 0 Å². The smallest absolute Gasteiger partial charge is 0.307 e. The highest BCUT2D eigenvalue weighted by Gasteiger charge is 2.41. The maximum absolute atomic E-state index is 12.8. The summed E-state index contributed by atoms with van der Waals surface area (Å²) in [7, 11) is 0. The number of aliphatic hydroxyl groups is 1. The maximum Gasteiger partial charge on any atom is 0.307 e. The van der Waals surface area contributed by atoms with Crippen LogP contribution in [0.4, 0.5) is 0 Å². The summed E-state index contributed by atoms with van der Waals surface area (Å²) in [6.45, 7) is 1.73. The molecular formula is C16H14ClNO4S. The number of hydrogen-bond acceptors (Lipinski definition) is 4. The molecule has 120 valence electrons. The first-order chi connectivity index (χ1) is 10.9. The van der Waals surface area contributed by atoms with Crippen molar-refractivity contribution >= 4 is 34.8 Å². The molecular weight excluding hydrogens is 338 g/mol. The predicted molar refractivity (Wildman–Crippen MR) is 87.4 cm³/mol. The van der Waals surface area contributed by atoms with E-state index in [2.05, 4.69) is 0 Å². The fourth-order valence-corrected chi connectivity index (χ4v) is 3.87. The summed E-state index contributed by atoms with van der Waals surface area (Å²) in [5.41, 5.74) is 1.81. The van der Waals surface area contributed by atoms with E-state index in [4.69, 9.17) is 16.7 Å². The zero-order valence-electron chi connectivity index (χ0n) is 12.2. The van der Waals surface area contributed by atoms with Crippen LogP contribution in [0.5, 0.6) is 0 Å². The monoisotopic (exact) mass is 351 g/mol. The number of carboxylic acids is 1. The minimum absolute atomic E-state index is 0.0703. The first-order valence-electron chi connectivity index (χ1n) is 6.98. The van der Waals surface area contributed by atoms with Crippen molar-refractivity contribution in [2.45, 2.75) is 25.8 Å². The van der Waals surface area contributed by atoms with Crippen LogP contribution in [-0.2, 0) is 4.79 Å². The van der Waals surface area contributed by atoms with Gasteiger partial charge in [-0.05, 0) is 35.6 Å². The van der Waals surface area contributed by atoms with Crippen molar-refractivity contribution in [3.05, 3.63) is 56.1 Å². The average molecular weight is 352 g/mol. The van der Waals surface area contributed by atoms with Crippen LogP contribution in [0.15, 0.2) is 51.2 Å². The number of hydrogen-bond donors (Lipinski definition) is 2. The van der Waals surface area contributed by atoms with Crippen LogP contribution in [0.3, 0.4) is 0 Å². The lowest BCUT2D eigenvalue weighted by Gasteiger charge is -2.28. The minimum Gasteiger partial charge on any atom is -0.507 e. The second-order valence-corrected chi connectivity index (χ2v) is 6.80. The molecule has 2 aliphatic rings. The molecule has 0 spiro atoms. The Kier molecular flexibility index (Phi) is 4.04. The van der Waals surface area contributed by atoms with Gasteiger partial charge in [0.25, 0.3) is 5.91 Å². The summed E-state index contributed by atoms with van der Waals surface area (Å²) < 4.78 is 0. The van der Waals surface area contributed by atoms with E-state index >= 15 is 0 Å². The molecule has 0 saturated carbocycles. The highest BCUT2D eigenvalue weighted by molar-refractivity contribution is 7.12. The van der Waals surface area contributed by atoms with Gasteiger partial charge in [0.2, 0.25) is 0 Å². The Hall–Kier alpha value is -2.05. The van der Waals surface area contributed by atoms with Crippen LogP contribution in [0, 0.1) is 0 Å². The van der Waals surface area contributed by atoms with E-state index in [1.54, 1.807) is 24.0 Å². The number of halogens is 1. The molecule has 2 heterocycles. The van der Waals surface area contributed by atoms with Crippen molar-refractivity contribution < 1.29 is 19.8 Å². The molecule has 0 saturated heterocycles. The van der Waals surface area contributed by atoms with E-state index in [0.717, 1.165) is 0 Å². The Morgan fingerprint density at radius 1 is 1.48 bits per heavy atom. The van der Waals surface area contributed by atoms with Gasteiger partial charge in [-0.1, -0.05) is 17.7 Å². The molecule has 23 heavy (non-hydrogen) atoms. The fraction of sp³-hybridized carbons (Fsp3) is 0.250. The summed E-state index contributed by atoms with van der Waals surface area (Å²) in [6, 6.07) is 3.15. The lowest BCUT2D eigenvalue weighted by Crippen LogP contribution is -2.36. The number of allylic oxidation sites excluding steroid dienone is 2. The molecule has 7 heteroatoms. The third-order valence-corrected chi connectivity index (χ3v) is 5.24. The van der Waals surface area contributed by atoms with Crippen LogP contribution >= 0.6 is 22.9 Å². The minimum atomic E-state index is -0.982. The van der Waals surface area contributed by atoms with Crippen molar-refractivity contribution in [3.63, 3.8) is 0 Å². The van der Waals surface area contributed by atoms with Crippen molar-refractivity contribution in [2.24, 2.45) is 0 Å². The van der Waals surface area contributed by atoms with E-state index in [0.29, 0.717) is 21.7 Å². The largest absolute Gasteiger partial charge is 0.507 e. The van der Waals surface area contributed by atoms with Gasteiger partial charge in [0.1, 0.15) is 5.76 Å². The quantitative estimate of drug-likeness (QED) is 0.871. The third-order valence-electron chi connectivity index (χ3n) is 4.04. The van der Waals surface area contributed by atoms with E-state index in [1.807, 2.05) is 5.38 Å². The SMILES string of the molecule is CC1=C(CC(=O)O)C2=CC(O)=C(Cl)CC2N1C(=O)c1cccs1. The number of carbonyl (C=O) groups excluding carboxylic acids is 1. The van der Waals surface area contributed by atoms with E-state index in [9.17, 15) is 14.7 Å². The zero-order chi connectivity index (χ0) is 16.7. The molecule has 0 aromatic carbocycles. The first-order valence-corrected chi connectivity index (χ1v) is 8.24. The topological polar surface area (TPSA) is 77.8 Å². The van der Waals surface area contributed by atoms with E-state index in [-0.39, 0.29) is 35.6 Å². The Labute approximate surface area is 141 Å². The summed E-state index contributed by atoms with van der Waals surface area (Å²) in [6.07, 6.45) is 1.55. The summed E-state index contributed by atoms with van der Waals surface area (Å²) in [5, 5.41) is 21.1. The lowest BCUT2D eigenvalue weighted by atomic mass is 9.92. The zero-order valence-corrected chi connectivity index (χ0v) is 13.8. The molecule has 1 atom stereocenters. The number of aliphatic hydroxyl groups excluding tert-OH is 1. The second kappa shape index (κ2) is 5.86. The Bertz CT molecular complexity index is 776. The highest BCUT2D eigenvalue weighted by Crippen LogP contribution is 2.43. The Morgan fingerprint density at radius 3 is 2.83 bits per heavy atom. The average Bonchev–Trinajstić information content (AvgIpc) is 3.09. The molecule has 0 bridgehead atoms. The van der Waals surface area contributed by atoms with Gasteiger partial charge in [-0.15, -0.1) is 11.3 Å². The summed E-state index contributed by atoms with van der Waals surface area (Å²) in [5.74, 6) is -1.23. The van der Waals surface area contributed by atoms with Crippen LogP contribution in [0.1, 0.15) is 29.4 Å². The molecule has 2 N–H and O–H groups in total. The first kappa shape index (κ1) is 15.8. The summed E-state index contributed by atoms with van der Waals surface area (Å²) >= 11 is 7.38. The molecule has 1 aliphatic carbocycles. The van der Waals surface area contributed by atoms with Gasteiger partial charge < -0.3 is 15.1 Å². The van der Waals surface area contributed by atoms with Gasteiger partial charge in [-0.25, -0.2) is 0 Å². The van der Waals surface area contributed by atoms with E-state index < -0.39 is 5.97 Å². The number of aliphatic carboxylic acids is 1. The molecule has 1 aromatic heterocycles. The van der Waals surface area contributed by atoms with Crippen LogP contribution in [-0.4, -0.2) is 33.0 Å². The van der Waals surface area contributed by atoms with Gasteiger partial charge in [0.15, 0.2) is 0 Å². The molecule has 5 nitrogen and oxygen atoms in total. The molecule has 1 aromatic rings. The van der Waals surface area contributed by atoms with Crippen molar-refractivity contribution in [2.75, 3.05) is 0 Å². The van der Waals surface area contributed by atoms with Gasteiger partial charge in [0.05, 0.1) is 22.4 Å². The van der Waals surface area contributed by atoms with Crippen molar-refractivity contribution in [1.82, 2.24) is 4.90 Å².